The molecular formula is C42H41F2N9O7. The third kappa shape index (κ3) is 8.98. The minimum Gasteiger partial charge on any atom is -0.444 e. The van der Waals surface area contributed by atoms with Gasteiger partial charge in [-0.1, -0.05) is 24.3 Å². The van der Waals surface area contributed by atoms with Crippen LogP contribution in [0.3, 0.4) is 0 Å². The zero-order valence-corrected chi connectivity index (χ0v) is 32.3. The first-order valence-electron chi connectivity index (χ1n) is 19.7. The van der Waals surface area contributed by atoms with Gasteiger partial charge in [0.15, 0.2) is 11.4 Å². The van der Waals surface area contributed by atoms with Crippen LogP contribution in [0.25, 0.3) is 17.1 Å². The quantitative estimate of drug-likeness (QED) is 0.0676. The van der Waals surface area contributed by atoms with Gasteiger partial charge in [0.25, 0.3) is 24.1 Å². The van der Waals surface area contributed by atoms with Crippen LogP contribution in [0.1, 0.15) is 86.6 Å². The highest BCUT2D eigenvalue weighted by Crippen LogP contribution is 2.32. The Labute approximate surface area is 342 Å². The second-order valence-corrected chi connectivity index (χ2v) is 14.8. The number of pyridine rings is 1. The number of nitrogens with zero attached hydrogens (tertiary/aromatic N) is 5. The number of imide groups is 2. The Hall–Kier alpha value is -6.66. The molecule has 60 heavy (non-hydrogen) atoms. The van der Waals surface area contributed by atoms with E-state index in [0.717, 1.165) is 17.0 Å². The normalized spacial score (nSPS) is 16.4. The molecule has 1 saturated heterocycles. The maximum absolute atomic E-state index is 14.0. The number of fused-ring (bicyclic) bond motifs is 1. The van der Waals surface area contributed by atoms with Gasteiger partial charge >= 0.3 is 0 Å². The Morgan fingerprint density at radius 2 is 1.85 bits per heavy atom. The Morgan fingerprint density at radius 1 is 1.02 bits per heavy atom. The summed E-state index contributed by atoms with van der Waals surface area (Å²) < 4.78 is 40.7. The van der Waals surface area contributed by atoms with Crippen molar-refractivity contribution in [2.75, 3.05) is 36.9 Å². The van der Waals surface area contributed by atoms with Gasteiger partial charge in [-0.15, -0.1) is 0 Å². The maximum Gasteiger partial charge on any atom is 0.284 e. The number of hydrogen-bond acceptors (Lipinski definition) is 12. The minimum atomic E-state index is -2.95. The van der Waals surface area contributed by atoms with Gasteiger partial charge in [-0.2, -0.15) is 5.10 Å². The van der Waals surface area contributed by atoms with Crippen molar-refractivity contribution in [3.8, 4) is 17.1 Å². The molecule has 2 aliphatic heterocycles. The number of ether oxygens (including phenoxy) is 1. The third-order valence-electron chi connectivity index (χ3n) is 10.5. The van der Waals surface area contributed by atoms with E-state index in [1.165, 1.54) is 30.0 Å². The van der Waals surface area contributed by atoms with Crippen molar-refractivity contribution >= 4 is 41.0 Å². The van der Waals surface area contributed by atoms with E-state index in [4.69, 9.17) is 9.15 Å². The summed E-state index contributed by atoms with van der Waals surface area (Å²) in [5, 5.41) is 15.3. The lowest BCUT2D eigenvalue weighted by molar-refractivity contribution is -0.136. The number of aromatic nitrogens is 4. The van der Waals surface area contributed by atoms with Crippen molar-refractivity contribution in [1.29, 1.82) is 0 Å². The molecule has 1 atom stereocenters. The molecule has 0 spiro atoms. The monoisotopic (exact) mass is 821 g/mol. The molecule has 3 aliphatic rings. The SMILES string of the molecule is O=C1CCC(N2C(=O)c3cccc(CCCOCCNCc4ccc(-n5cc(NC(=O)c6coc(-c7ccnc(NCC8CC8)c7)n6)c(C(F)F)n5)cc4)c3C2=O)C(=O)N1. The second-order valence-electron chi connectivity index (χ2n) is 14.8. The molecule has 2 aromatic carbocycles. The molecule has 18 heteroatoms. The largest absolute Gasteiger partial charge is 0.444 e. The summed E-state index contributed by atoms with van der Waals surface area (Å²) in [7, 11) is 0. The fourth-order valence-electron chi connectivity index (χ4n) is 7.11. The molecule has 5 aromatic rings. The summed E-state index contributed by atoms with van der Waals surface area (Å²) in [6.07, 6.45) is 4.78. The van der Waals surface area contributed by atoms with Crippen LogP contribution in [0.5, 0.6) is 0 Å². The molecule has 4 N–H and O–H groups in total. The number of oxazole rings is 1. The molecule has 310 valence electrons. The van der Waals surface area contributed by atoms with Gasteiger partial charge in [0, 0.05) is 44.4 Å². The van der Waals surface area contributed by atoms with Gasteiger partial charge in [-0.3, -0.25) is 34.2 Å². The van der Waals surface area contributed by atoms with Crippen LogP contribution in [0.2, 0.25) is 0 Å². The highest BCUT2D eigenvalue weighted by atomic mass is 19.3. The number of hydrogen-bond donors (Lipinski definition) is 4. The van der Waals surface area contributed by atoms with E-state index in [2.05, 4.69) is 36.3 Å². The first-order valence-corrected chi connectivity index (χ1v) is 19.7. The summed E-state index contributed by atoms with van der Waals surface area (Å²) in [6.45, 7) is 2.72. The van der Waals surface area contributed by atoms with Crippen molar-refractivity contribution in [3.05, 3.63) is 107 Å². The molecule has 1 unspecified atom stereocenters. The molecule has 8 rings (SSSR count). The van der Waals surface area contributed by atoms with E-state index < -0.39 is 47.7 Å². The number of benzene rings is 2. The van der Waals surface area contributed by atoms with Crippen molar-refractivity contribution in [1.82, 2.24) is 35.3 Å². The van der Waals surface area contributed by atoms with E-state index in [1.54, 1.807) is 48.7 Å². The smallest absolute Gasteiger partial charge is 0.284 e. The number of piperidine rings is 1. The summed E-state index contributed by atoms with van der Waals surface area (Å²) in [6, 6.07) is 14.7. The van der Waals surface area contributed by atoms with Crippen molar-refractivity contribution in [2.24, 2.45) is 5.92 Å². The first kappa shape index (κ1) is 40.1. The Balaban J connectivity index is 0.780. The van der Waals surface area contributed by atoms with Crippen LogP contribution in [-0.4, -0.2) is 86.5 Å². The zero-order chi connectivity index (χ0) is 41.8. The second kappa shape index (κ2) is 17.7. The number of anilines is 2. The number of carbonyl (C=O) groups excluding carboxylic acids is 5. The lowest BCUT2D eigenvalue weighted by atomic mass is 9.99. The molecule has 2 fully saturated rings. The highest BCUT2D eigenvalue weighted by molar-refractivity contribution is 6.24. The standard InChI is InChI=1S/C42H41F2N9O7/c43-37(44)36-30(48-38(55)31-23-60-40(49-31)27-14-15-46-33(19-27)47-21-25-6-7-25)22-52(51-36)28-10-8-24(9-11-28)20-45-16-18-59-17-2-4-26-3-1-5-29-35(26)42(58)53(41(29)57)32-12-13-34(54)50-39(32)56/h1,3,5,8-11,14-15,19,22-23,25,32,37,45H,2,4,6-7,12-13,16-18,20-21H2,(H,46,47)(H,48,55)(H,50,54,56). The fraction of sp³-hybridized carbons (Fsp3) is 0.333. The Kier molecular flexibility index (Phi) is 11.8. The van der Waals surface area contributed by atoms with Gasteiger partial charge in [0.05, 0.1) is 35.3 Å². The molecule has 16 nitrogen and oxygen atoms in total. The van der Waals surface area contributed by atoms with Crippen molar-refractivity contribution in [2.45, 2.75) is 57.5 Å². The Bertz CT molecular complexity index is 2430. The van der Waals surface area contributed by atoms with Gasteiger partial charge < -0.3 is 25.1 Å². The topological polar surface area (TPSA) is 203 Å². The summed E-state index contributed by atoms with van der Waals surface area (Å²) in [5.74, 6) is -1.36. The zero-order valence-electron chi connectivity index (χ0n) is 32.3. The van der Waals surface area contributed by atoms with Gasteiger partial charge in [0.1, 0.15) is 18.1 Å². The van der Waals surface area contributed by atoms with Crippen LogP contribution in [0, 0.1) is 5.92 Å². The van der Waals surface area contributed by atoms with Gasteiger partial charge in [-0.05, 0) is 79.5 Å². The van der Waals surface area contributed by atoms with Crippen molar-refractivity contribution < 1.29 is 41.9 Å². The fourth-order valence-corrected chi connectivity index (χ4v) is 7.11. The van der Waals surface area contributed by atoms with Crippen LogP contribution >= 0.6 is 0 Å². The van der Waals surface area contributed by atoms with Gasteiger partial charge in [0.2, 0.25) is 17.7 Å². The summed E-state index contributed by atoms with van der Waals surface area (Å²) >= 11 is 0. The highest BCUT2D eigenvalue weighted by Gasteiger charge is 2.45. The van der Waals surface area contributed by atoms with E-state index in [1.807, 2.05) is 12.1 Å². The van der Waals surface area contributed by atoms with Crippen LogP contribution < -0.4 is 21.3 Å². The minimum absolute atomic E-state index is 0.0558. The summed E-state index contributed by atoms with van der Waals surface area (Å²) in [5.41, 5.74) is 2.45. The molecule has 0 bridgehead atoms. The molecular weight excluding hydrogens is 781 g/mol. The number of halogens is 2. The van der Waals surface area contributed by atoms with Gasteiger partial charge in [-0.25, -0.2) is 23.4 Å². The van der Waals surface area contributed by atoms with E-state index in [0.29, 0.717) is 73.3 Å². The molecule has 1 saturated carbocycles. The number of carbonyl (C=O) groups is 5. The number of rotatable bonds is 18. The van der Waals surface area contributed by atoms with Crippen molar-refractivity contribution in [3.63, 3.8) is 0 Å². The molecule has 1 aliphatic carbocycles. The number of nitrogens with one attached hydrogen (secondary N) is 4. The number of alkyl halides is 2. The maximum atomic E-state index is 14.0. The first-order chi connectivity index (χ1) is 29.1. The Morgan fingerprint density at radius 3 is 2.63 bits per heavy atom. The summed E-state index contributed by atoms with van der Waals surface area (Å²) in [4.78, 5) is 73.0. The van der Waals surface area contributed by atoms with Crippen LogP contribution in [0.15, 0.2) is 77.7 Å². The molecule has 0 radical (unpaired) electrons. The van der Waals surface area contributed by atoms with Crippen LogP contribution in [0.4, 0.5) is 20.3 Å². The van der Waals surface area contributed by atoms with E-state index >= 15 is 0 Å². The molecule has 3 aromatic heterocycles. The number of aryl methyl sites for hydroxylation is 1. The van der Waals surface area contributed by atoms with E-state index in [9.17, 15) is 32.8 Å². The predicted molar refractivity (Wildman–Crippen MR) is 211 cm³/mol. The van der Waals surface area contributed by atoms with Crippen LogP contribution in [-0.2, 0) is 27.3 Å². The number of amides is 5. The van der Waals surface area contributed by atoms with E-state index in [-0.39, 0.29) is 35.7 Å². The lowest BCUT2D eigenvalue weighted by Gasteiger charge is -2.27. The molecule has 5 heterocycles. The predicted octanol–water partition coefficient (Wildman–Crippen LogP) is 5.07. The lowest BCUT2D eigenvalue weighted by Crippen LogP contribution is -2.54. The average molecular weight is 822 g/mol. The molecule has 5 amide bonds. The third-order valence-corrected chi connectivity index (χ3v) is 10.5. The average Bonchev–Trinajstić information content (AvgIpc) is 3.65.